The maximum Gasteiger partial charge on any atom is 0.433 e. The largest absolute Gasteiger partial charge is 0.433 e. The number of rotatable bonds is 5. The van der Waals surface area contributed by atoms with Crippen molar-refractivity contribution in [3.63, 3.8) is 0 Å². The molecule has 2 aromatic rings. The fourth-order valence-electron chi connectivity index (χ4n) is 2.18. The van der Waals surface area contributed by atoms with E-state index < -0.39 is 30.4 Å². The van der Waals surface area contributed by atoms with Crippen LogP contribution in [0.3, 0.4) is 0 Å². The Bertz CT molecular complexity index is 689. The third-order valence-electron chi connectivity index (χ3n) is 3.29. The molecule has 0 radical (unpaired) electrons. The van der Waals surface area contributed by atoms with Crippen LogP contribution in [0.15, 0.2) is 18.3 Å². The summed E-state index contributed by atoms with van der Waals surface area (Å²) < 4.78 is 41.0. The second-order valence-corrected chi connectivity index (χ2v) is 5.21. The van der Waals surface area contributed by atoms with E-state index in [1.807, 2.05) is 6.92 Å². The first-order valence-electron chi connectivity index (χ1n) is 7.15. The predicted molar refractivity (Wildman–Crippen MR) is 76.4 cm³/mol. The summed E-state index contributed by atoms with van der Waals surface area (Å²) in [6, 6.07) is 2.27. The van der Waals surface area contributed by atoms with E-state index >= 15 is 0 Å². The smallest absolute Gasteiger partial charge is 0.346 e. The number of carbonyl (C=O) groups excluding carboxylic acids is 1. The number of amides is 1. The molecule has 1 N–H and O–H groups in total. The number of aryl methyl sites for hydroxylation is 2. The van der Waals surface area contributed by atoms with Crippen molar-refractivity contribution < 1.29 is 18.0 Å². The lowest BCUT2D eigenvalue weighted by atomic mass is 10.2. The highest BCUT2D eigenvalue weighted by Gasteiger charge is 2.35. The molecule has 0 saturated heterocycles. The van der Waals surface area contributed by atoms with Crippen molar-refractivity contribution >= 4 is 5.91 Å². The van der Waals surface area contributed by atoms with Gasteiger partial charge < -0.3 is 5.32 Å². The number of nitrogens with one attached hydrogen (secondary N) is 1. The van der Waals surface area contributed by atoms with Gasteiger partial charge in [-0.05, 0) is 32.9 Å². The maximum atomic E-state index is 12.9. The molecule has 2 rings (SSSR count). The fourth-order valence-corrected chi connectivity index (χ4v) is 2.18. The van der Waals surface area contributed by atoms with Gasteiger partial charge >= 0.3 is 6.18 Å². The Hall–Kier alpha value is -2.32. The summed E-state index contributed by atoms with van der Waals surface area (Å²) in [5.74, 6) is -0.558. The Morgan fingerprint density at radius 2 is 2.09 bits per heavy atom. The molecule has 0 spiro atoms. The van der Waals surface area contributed by atoms with E-state index in [2.05, 4.69) is 15.5 Å². The molecule has 9 heteroatoms. The van der Waals surface area contributed by atoms with E-state index in [1.165, 1.54) is 6.92 Å². The Balaban J connectivity index is 2.05. The van der Waals surface area contributed by atoms with Crippen molar-refractivity contribution in [2.45, 2.75) is 46.1 Å². The van der Waals surface area contributed by atoms with Gasteiger partial charge in [-0.2, -0.15) is 23.4 Å². The molecular formula is C14H18F3N5O. The second kappa shape index (κ2) is 6.43. The molecule has 1 atom stereocenters. The summed E-state index contributed by atoms with van der Waals surface area (Å²) in [6.07, 6.45) is -2.77. The van der Waals surface area contributed by atoms with Crippen molar-refractivity contribution in [3.05, 3.63) is 35.4 Å². The van der Waals surface area contributed by atoms with E-state index in [0.29, 0.717) is 16.9 Å². The van der Waals surface area contributed by atoms with Crippen LogP contribution in [-0.4, -0.2) is 25.5 Å². The van der Waals surface area contributed by atoms with Gasteiger partial charge in [0, 0.05) is 12.7 Å². The molecule has 0 aliphatic rings. The average Bonchev–Trinajstić information content (AvgIpc) is 3.04. The average molecular weight is 329 g/mol. The van der Waals surface area contributed by atoms with Crippen LogP contribution in [0.5, 0.6) is 0 Å². The van der Waals surface area contributed by atoms with Crippen LogP contribution in [-0.2, 0) is 24.1 Å². The van der Waals surface area contributed by atoms with E-state index in [1.54, 1.807) is 23.9 Å². The van der Waals surface area contributed by atoms with Crippen molar-refractivity contribution in [2.75, 3.05) is 0 Å². The first-order chi connectivity index (χ1) is 10.7. The zero-order valence-electron chi connectivity index (χ0n) is 13.1. The van der Waals surface area contributed by atoms with Gasteiger partial charge in [0.15, 0.2) is 0 Å². The predicted octanol–water partition coefficient (Wildman–Crippen LogP) is 2.30. The number of hydrogen-bond donors (Lipinski definition) is 1. The lowest BCUT2D eigenvalue weighted by Crippen LogP contribution is -2.32. The molecule has 1 amide bonds. The van der Waals surface area contributed by atoms with E-state index in [-0.39, 0.29) is 5.69 Å². The van der Waals surface area contributed by atoms with Crippen LogP contribution in [0.1, 0.15) is 37.0 Å². The van der Waals surface area contributed by atoms with Crippen LogP contribution in [0.25, 0.3) is 0 Å². The fraction of sp³-hybridized carbons (Fsp3) is 0.500. The van der Waals surface area contributed by atoms with Crippen LogP contribution in [0.2, 0.25) is 0 Å². The summed E-state index contributed by atoms with van der Waals surface area (Å²) in [7, 11) is 0. The number of carbonyl (C=O) groups is 1. The Morgan fingerprint density at radius 1 is 1.39 bits per heavy atom. The molecule has 0 aliphatic heterocycles. The maximum absolute atomic E-state index is 12.9. The summed E-state index contributed by atoms with van der Waals surface area (Å²) in [5, 5.41) is 10.6. The highest BCUT2D eigenvalue weighted by atomic mass is 19.4. The molecule has 0 bridgehead atoms. The van der Waals surface area contributed by atoms with Crippen molar-refractivity contribution in [1.82, 2.24) is 24.9 Å². The third-order valence-corrected chi connectivity index (χ3v) is 3.29. The van der Waals surface area contributed by atoms with E-state index in [9.17, 15) is 18.0 Å². The molecule has 0 aromatic carbocycles. The first kappa shape index (κ1) is 17.0. The zero-order valence-corrected chi connectivity index (χ0v) is 13.1. The minimum absolute atomic E-state index is 0.208. The van der Waals surface area contributed by atoms with Gasteiger partial charge in [0.05, 0.1) is 17.4 Å². The zero-order chi connectivity index (χ0) is 17.2. The number of halogens is 3. The van der Waals surface area contributed by atoms with Gasteiger partial charge in [-0.3, -0.25) is 14.2 Å². The van der Waals surface area contributed by atoms with Gasteiger partial charge in [-0.15, -0.1) is 0 Å². The van der Waals surface area contributed by atoms with Crippen molar-refractivity contribution in [3.8, 4) is 0 Å². The quantitative estimate of drug-likeness (QED) is 0.915. The van der Waals surface area contributed by atoms with Crippen molar-refractivity contribution in [2.24, 2.45) is 0 Å². The van der Waals surface area contributed by atoms with Crippen LogP contribution >= 0.6 is 0 Å². The lowest BCUT2D eigenvalue weighted by molar-refractivity contribution is -0.144. The number of alkyl halides is 3. The van der Waals surface area contributed by atoms with Gasteiger partial charge in [-0.25, -0.2) is 0 Å². The molecule has 2 aromatic heterocycles. The highest BCUT2D eigenvalue weighted by Crippen LogP contribution is 2.29. The van der Waals surface area contributed by atoms with Gasteiger partial charge in [0.2, 0.25) is 5.91 Å². The standard InChI is InChI=1S/C14H18F3N5O/c1-4-21-6-5-11(20-21)10(3)18-13(23)8-22-12(14(15,16)17)7-9(2)19-22/h5-7,10H,4,8H2,1-3H3,(H,18,23). The highest BCUT2D eigenvalue weighted by molar-refractivity contribution is 5.76. The number of hydrogen-bond acceptors (Lipinski definition) is 3. The summed E-state index contributed by atoms with van der Waals surface area (Å²) in [4.78, 5) is 12.0. The molecule has 0 saturated carbocycles. The first-order valence-corrected chi connectivity index (χ1v) is 7.15. The molecule has 2 heterocycles. The minimum atomic E-state index is -4.55. The van der Waals surface area contributed by atoms with Gasteiger partial charge in [0.25, 0.3) is 0 Å². The summed E-state index contributed by atoms with van der Waals surface area (Å²) >= 11 is 0. The molecule has 23 heavy (non-hydrogen) atoms. The van der Waals surface area contributed by atoms with Gasteiger partial charge in [0.1, 0.15) is 12.2 Å². The Morgan fingerprint density at radius 3 is 2.65 bits per heavy atom. The molecule has 126 valence electrons. The third kappa shape index (κ3) is 4.11. The van der Waals surface area contributed by atoms with Crippen LogP contribution < -0.4 is 5.32 Å². The molecule has 0 aliphatic carbocycles. The molecule has 1 unspecified atom stereocenters. The van der Waals surface area contributed by atoms with Crippen LogP contribution in [0.4, 0.5) is 13.2 Å². The molecule has 0 fully saturated rings. The van der Waals surface area contributed by atoms with Gasteiger partial charge in [-0.1, -0.05) is 0 Å². The van der Waals surface area contributed by atoms with Crippen LogP contribution in [0, 0.1) is 6.92 Å². The Labute approximate surface area is 131 Å². The minimum Gasteiger partial charge on any atom is -0.346 e. The SMILES string of the molecule is CCn1ccc(C(C)NC(=O)Cn2nc(C)cc2C(F)(F)F)n1. The normalized spacial score (nSPS) is 13.1. The number of nitrogens with zero attached hydrogens (tertiary/aromatic N) is 4. The van der Waals surface area contributed by atoms with Crippen molar-refractivity contribution in [1.29, 1.82) is 0 Å². The lowest BCUT2D eigenvalue weighted by Gasteiger charge is -2.13. The monoisotopic (exact) mass is 329 g/mol. The van der Waals surface area contributed by atoms with E-state index in [4.69, 9.17) is 0 Å². The van der Waals surface area contributed by atoms with E-state index in [0.717, 1.165) is 6.07 Å². The topological polar surface area (TPSA) is 64.7 Å². The summed E-state index contributed by atoms with van der Waals surface area (Å²) in [5.41, 5.74) is -0.0826. The molecule has 6 nitrogen and oxygen atoms in total. The Kier molecular flexibility index (Phi) is 4.76. The summed E-state index contributed by atoms with van der Waals surface area (Å²) in [6.45, 7) is 5.30. The molecular weight excluding hydrogens is 311 g/mol. The number of aromatic nitrogens is 4. The second-order valence-electron chi connectivity index (χ2n) is 5.21.